The third-order valence-electron chi connectivity index (χ3n) is 6.30. The summed E-state index contributed by atoms with van der Waals surface area (Å²) in [5, 5.41) is 4.12. The zero-order chi connectivity index (χ0) is 22.0. The molecule has 0 bridgehead atoms. The fraction of sp³-hybridized carbons (Fsp3) is 0.385. The van der Waals surface area contributed by atoms with E-state index >= 15 is 0 Å². The van der Waals surface area contributed by atoms with Gasteiger partial charge in [-0.25, -0.2) is 0 Å². The molecule has 5 nitrogen and oxygen atoms in total. The van der Waals surface area contributed by atoms with E-state index in [2.05, 4.69) is 31.3 Å². The van der Waals surface area contributed by atoms with Crippen molar-refractivity contribution in [3.8, 4) is 0 Å². The maximum atomic E-state index is 13.6. The van der Waals surface area contributed by atoms with Crippen LogP contribution in [-0.2, 0) is 17.8 Å². The minimum atomic E-state index is -0.947. The molecule has 5 heteroatoms. The third-order valence-corrected chi connectivity index (χ3v) is 6.30. The van der Waals surface area contributed by atoms with Crippen LogP contribution in [0.5, 0.6) is 0 Å². The number of para-hydroxylation sites is 1. The summed E-state index contributed by atoms with van der Waals surface area (Å²) in [5.41, 5.74) is 1.86. The Balaban J connectivity index is 1.67. The van der Waals surface area contributed by atoms with Gasteiger partial charge in [0.15, 0.2) is 0 Å². The maximum absolute atomic E-state index is 13.6. The van der Waals surface area contributed by atoms with Gasteiger partial charge < -0.3 is 14.8 Å². The van der Waals surface area contributed by atoms with Crippen molar-refractivity contribution in [3.05, 3.63) is 71.9 Å². The molecule has 3 aromatic rings. The Labute approximate surface area is 184 Å². The zero-order valence-corrected chi connectivity index (χ0v) is 18.6. The normalized spacial score (nSPS) is 18.5. The van der Waals surface area contributed by atoms with Crippen LogP contribution in [0, 0.1) is 5.92 Å². The maximum Gasteiger partial charge on any atom is 0.271 e. The van der Waals surface area contributed by atoms with Gasteiger partial charge in [-0.15, -0.1) is 0 Å². The largest absolute Gasteiger partial charge is 0.354 e. The zero-order valence-electron chi connectivity index (χ0n) is 18.6. The summed E-state index contributed by atoms with van der Waals surface area (Å²) in [5.74, 6) is 0.341. The van der Waals surface area contributed by atoms with Crippen LogP contribution >= 0.6 is 0 Å². The molecule has 0 radical (unpaired) electrons. The molecule has 1 N–H and O–H groups in total. The molecule has 0 unspecified atom stereocenters. The number of nitrogens with zero attached hydrogens (tertiary/aromatic N) is 2. The fourth-order valence-electron chi connectivity index (χ4n) is 4.41. The van der Waals surface area contributed by atoms with Crippen LogP contribution in [-0.4, -0.2) is 39.9 Å². The molecule has 2 heterocycles. The highest BCUT2D eigenvalue weighted by Gasteiger charge is 2.47. The van der Waals surface area contributed by atoms with Crippen molar-refractivity contribution in [1.29, 1.82) is 0 Å². The fourth-order valence-corrected chi connectivity index (χ4v) is 4.41. The van der Waals surface area contributed by atoms with E-state index in [1.165, 1.54) is 0 Å². The van der Waals surface area contributed by atoms with E-state index in [4.69, 9.17) is 0 Å². The van der Waals surface area contributed by atoms with Gasteiger partial charge >= 0.3 is 0 Å². The lowest BCUT2D eigenvalue weighted by molar-refractivity contribution is -0.132. The van der Waals surface area contributed by atoms with Crippen molar-refractivity contribution in [1.82, 2.24) is 14.8 Å². The van der Waals surface area contributed by atoms with Crippen molar-refractivity contribution in [2.24, 2.45) is 5.92 Å². The third kappa shape index (κ3) is 4.09. The summed E-state index contributed by atoms with van der Waals surface area (Å²) in [6, 6.07) is 20.0. The second-order valence-electron chi connectivity index (χ2n) is 9.08. The van der Waals surface area contributed by atoms with E-state index in [1.54, 1.807) is 4.90 Å². The lowest BCUT2D eigenvalue weighted by Gasteiger charge is -2.44. The van der Waals surface area contributed by atoms with Gasteiger partial charge in [-0.3, -0.25) is 9.59 Å². The highest BCUT2D eigenvalue weighted by atomic mass is 16.2. The van der Waals surface area contributed by atoms with Gasteiger partial charge in [0.05, 0.1) is 6.54 Å². The molecular formula is C26H31N3O2. The molecule has 0 aliphatic carbocycles. The van der Waals surface area contributed by atoms with Crippen molar-refractivity contribution >= 4 is 22.7 Å². The van der Waals surface area contributed by atoms with Gasteiger partial charge in [0.25, 0.3) is 5.91 Å². The van der Waals surface area contributed by atoms with E-state index in [0.29, 0.717) is 37.7 Å². The molecule has 1 atom stereocenters. The van der Waals surface area contributed by atoms with Gasteiger partial charge in [0.2, 0.25) is 5.91 Å². The minimum Gasteiger partial charge on any atom is -0.354 e. The van der Waals surface area contributed by atoms with E-state index < -0.39 is 5.54 Å². The van der Waals surface area contributed by atoms with E-state index in [0.717, 1.165) is 22.9 Å². The molecule has 2 aromatic carbocycles. The first-order chi connectivity index (χ1) is 14.9. The van der Waals surface area contributed by atoms with Crippen LogP contribution in [0.15, 0.2) is 60.7 Å². The Bertz CT molecular complexity index is 1090. The predicted octanol–water partition coefficient (Wildman–Crippen LogP) is 4.26. The van der Waals surface area contributed by atoms with Crippen molar-refractivity contribution in [2.45, 2.75) is 45.7 Å². The van der Waals surface area contributed by atoms with Crippen molar-refractivity contribution in [3.63, 3.8) is 0 Å². The molecule has 0 fully saturated rings. The number of benzene rings is 2. The number of aromatic nitrogens is 1. The average molecular weight is 418 g/mol. The van der Waals surface area contributed by atoms with Gasteiger partial charge in [-0.2, -0.15) is 0 Å². The summed E-state index contributed by atoms with van der Waals surface area (Å²) < 4.78 is 2.01. The van der Waals surface area contributed by atoms with E-state index in [-0.39, 0.29) is 11.8 Å². The van der Waals surface area contributed by atoms with Crippen LogP contribution in [0.4, 0.5) is 0 Å². The number of nitrogens with one attached hydrogen (secondary N) is 1. The molecule has 1 aromatic heterocycles. The highest BCUT2D eigenvalue weighted by molar-refractivity contribution is 6.03. The van der Waals surface area contributed by atoms with Crippen LogP contribution < -0.4 is 5.32 Å². The average Bonchev–Trinajstić information content (AvgIpc) is 3.12. The first-order valence-corrected chi connectivity index (χ1v) is 11.1. The minimum absolute atomic E-state index is 0.0834. The monoisotopic (exact) mass is 417 g/mol. The topological polar surface area (TPSA) is 54.3 Å². The number of carbonyl (C=O) groups excluding carboxylic acids is 2. The van der Waals surface area contributed by atoms with E-state index in [9.17, 15) is 9.59 Å². The van der Waals surface area contributed by atoms with Crippen molar-refractivity contribution < 1.29 is 9.59 Å². The predicted molar refractivity (Wildman–Crippen MR) is 124 cm³/mol. The van der Waals surface area contributed by atoms with Gasteiger partial charge in [0, 0.05) is 24.0 Å². The van der Waals surface area contributed by atoms with E-state index in [1.807, 2.05) is 60.0 Å². The Kier molecular flexibility index (Phi) is 5.86. The molecule has 31 heavy (non-hydrogen) atoms. The molecule has 0 spiro atoms. The van der Waals surface area contributed by atoms with Crippen LogP contribution in [0.1, 0.15) is 43.2 Å². The lowest BCUT2D eigenvalue weighted by atomic mass is 9.93. The molecular weight excluding hydrogens is 386 g/mol. The van der Waals surface area contributed by atoms with Crippen LogP contribution in [0.3, 0.4) is 0 Å². The lowest BCUT2D eigenvalue weighted by Crippen LogP contribution is -2.64. The Morgan fingerprint density at radius 3 is 2.55 bits per heavy atom. The highest BCUT2D eigenvalue weighted by Crippen LogP contribution is 2.32. The standard InChI is InChI=1S/C26H31N3O2/c1-19(2)13-15-27-25(31)26(3)18-28-22-12-8-7-11-21(22)17-23(28)24(30)29(26)16-14-20-9-5-4-6-10-20/h4-12,17,19H,13-16,18H2,1-3H3,(H,27,31)/t26-/m0/s1. The smallest absolute Gasteiger partial charge is 0.271 e. The number of hydrogen-bond acceptors (Lipinski definition) is 2. The molecule has 2 amide bonds. The molecule has 0 saturated heterocycles. The number of amides is 2. The first kappa shape index (κ1) is 21.2. The molecule has 1 aliphatic heterocycles. The summed E-state index contributed by atoms with van der Waals surface area (Å²) in [7, 11) is 0. The van der Waals surface area contributed by atoms with Gasteiger partial charge in [-0.1, -0.05) is 62.4 Å². The second kappa shape index (κ2) is 8.58. The number of hydrogen-bond donors (Lipinski definition) is 1. The summed E-state index contributed by atoms with van der Waals surface area (Å²) in [6.45, 7) is 7.75. The van der Waals surface area contributed by atoms with Crippen molar-refractivity contribution in [2.75, 3.05) is 13.1 Å². The van der Waals surface area contributed by atoms with Gasteiger partial charge in [-0.05, 0) is 43.4 Å². The quantitative estimate of drug-likeness (QED) is 0.624. The summed E-state index contributed by atoms with van der Waals surface area (Å²) >= 11 is 0. The first-order valence-electron chi connectivity index (χ1n) is 11.1. The Hall–Kier alpha value is -3.08. The molecule has 1 aliphatic rings. The summed E-state index contributed by atoms with van der Waals surface area (Å²) in [6.07, 6.45) is 1.62. The van der Waals surface area contributed by atoms with Crippen LogP contribution in [0.2, 0.25) is 0 Å². The summed E-state index contributed by atoms with van der Waals surface area (Å²) in [4.78, 5) is 28.8. The molecule has 0 saturated carbocycles. The second-order valence-corrected chi connectivity index (χ2v) is 9.08. The molecule has 162 valence electrons. The Morgan fingerprint density at radius 2 is 1.81 bits per heavy atom. The molecule has 4 rings (SSSR count). The Morgan fingerprint density at radius 1 is 1.10 bits per heavy atom. The number of rotatable bonds is 7. The van der Waals surface area contributed by atoms with Gasteiger partial charge in [0.1, 0.15) is 11.2 Å². The number of fused-ring (bicyclic) bond motifs is 3. The van der Waals surface area contributed by atoms with Crippen LogP contribution in [0.25, 0.3) is 10.9 Å². The number of carbonyl (C=O) groups is 2. The SMILES string of the molecule is CC(C)CCNC(=O)[C@]1(C)Cn2c(cc3ccccc32)C(=O)N1CCc1ccccc1.